The van der Waals surface area contributed by atoms with Crippen molar-refractivity contribution in [2.75, 3.05) is 0 Å². The van der Waals surface area contributed by atoms with Gasteiger partial charge >= 0.3 is 0 Å². The average Bonchev–Trinajstić information content (AvgIpc) is 2.71. The smallest absolute Gasteiger partial charge is 0.120 e. The van der Waals surface area contributed by atoms with E-state index in [0.717, 1.165) is 0 Å². The SMILES string of the molecule is BC(C#C)CCCCCCCCCCCCCCCCCCCCCCC(=C)C. The zero-order valence-electron chi connectivity index (χ0n) is 20.4. The number of allylic oxidation sites excluding steroid dienone is 1. The van der Waals surface area contributed by atoms with Crippen LogP contribution in [0.5, 0.6) is 0 Å². The summed E-state index contributed by atoms with van der Waals surface area (Å²) < 4.78 is 0. The maximum atomic E-state index is 5.42. The lowest BCUT2D eigenvalue weighted by Crippen LogP contribution is -1.88. The first-order valence-corrected chi connectivity index (χ1v) is 13.3. The van der Waals surface area contributed by atoms with Gasteiger partial charge in [-0.15, -0.1) is 18.9 Å². The molecule has 0 nitrogen and oxygen atoms in total. The number of hydrogen-bond donors (Lipinski definition) is 0. The minimum absolute atomic E-state index is 0.474. The van der Waals surface area contributed by atoms with Gasteiger partial charge in [0.15, 0.2) is 0 Å². The van der Waals surface area contributed by atoms with Crippen LogP contribution >= 0.6 is 0 Å². The Morgan fingerprint density at radius 1 is 0.621 bits per heavy atom. The monoisotopic (exact) mass is 400 g/mol. The third-order valence-corrected chi connectivity index (χ3v) is 6.28. The predicted molar refractivity (Wildman–Crippen MR) is 138 cm³/mol. The fourth-order valence-corrected chi connectivity index (χ4v) is 4.14. The molecule has 0 N–H and O–H groups in total. The Morgan fingerprint density at radius 2 is 0.897 bits per heavy atom. The Hall–Kier alpha value is -0.635. The molecule has 0 aliphatic rings. The third kappa shape index (κ3) is 25.3. The van der Waals surface area contributed by atoms with Crippen LogP contribution in [-0.2, 0) is 0 Å². The Morgan fingerprint density at radius 3 is 1.17 bits per heavy atom. The second-order valence-corrected chi connectivity index (χ2v) is 9.63. The highest BCUT2D eigenvalue weighted by Gasteiger charge is 1.98. The van der Waals surface area contributed by atoms with Crippen molar-refractivity contribution in [2.24, 2.45) is 0 Å². The van der Waals surface area contributed by atoms with Crippen molar-refractivity contribution in [1.82, 2.24) is 0 Å². The molecule has 0 spiro atoms. The van der Waals surface area contributed by atoms with E-state index in [9.17, 15) is 0 Å². The second-order valence-electron chi connectivity index (χ2n) is 9.63. The molecule has 168 valence electrons. The zero-order chi connectivity index (χ0) is 21.4. The van der Waals surface area contributed by atoms with Crippen molar-refractivity contribution >= 4 is 7.85 Å². The fraction of sp³-hybridized carbons (Fsp3) is 0.857. The molecule has 0 heterocycles. The van der Waals surface area contributed by atoms with Crippen LogP contribution in [0.3, 0.4) is 0 Å². The molecule has 0 amide bonds. The number of terminal acetylenes is 1. The molecule has 1 unspecified atom stereocenters. The van der Waals surface area contributed by atoms with E-state index in [1.807, 2.05) is 0 Å². The van der Waals surface area contributed by atoms with Crippen molar-refractivity contribution in [1.29, 1.82) is 0 Å². The molecule has 0 saturated heterocycles. The molecule has 0 aliphatic carbocycles. The molecule has 0 aromatic heterocycles. The number of unbranched alkanes of at least 4 members (excludes halogenated alkanes) is 19. The molecule has 29 heavy (non-hydrogen) atoms. The summed E-state index contributed by atoms with van der Waals surface area (Å²) >= 11 is 0. The van der Waals surface area contributed by atoms with Crippen LogP contribution < -0.4 is 0 Å². The van der Waals surface area contributed by atoms with Crippen LogP contribution in [0.25, 0.3) is 0 Å². The Kier molecular flexibility index (Phi) is 23.1. The molecule has 0 fully saturated rings. The minimum Gasteiger partial charge on any atom is -0.121 e. The topological polar surface area (TPSA) is 0 Å². The van der Waals surface area contributed by atoms with E-state index < -0.39 is 0 Å². The summed E-state index contributed by atoms with van der Waals surface area (Å²) in [5.41, 5.74) is 1.35. The fourth-order valence-electron chi connectivity index (χ4n) is 4.14. The molecule has 0 bridgehead atoms. The molecule has 1 atom stereocenters. The Bertz CT molecular complexity index is 378. The molecule has 0 aromatic rings. The minimum atomic E-state index is 0.474. The average molecular weight is 401 g/mol. The van der Waals surface area contributed by atoms with E-state index in [2.05, 4.69) is 27.3 Å². The van der Waals surface area contributed by atoms with Crippen molar-refractivity contribution in [3.8, 4) is 12.3 Å². The summed E-state index contributed by atoms with van der Waals surface area (Å²) in [5.74, 6) is 3.30. The first-order chi connectivity index (χ1) is 14.2. The molecule has 0 saturated carbocycles. The van der Waals surface area contributed by atoms with Crippen LogP contribution in [0.1, 0.15) is 148 Å². The zero-order valence-corrected chi connectivity index (χ0v) is 20.4. The molecular formula is C28H53B. The van der Waals surface area contributed by atoms with Crippen molar-refractivity contribution in [3.05, 3.63) is 12.2 Å². The molecular weight excluding hydrogens is 347 g/mol. The third-order valence-electron chi connectivity index (χ3n) is 6.28. The van der Waals surface area contributed by atoms with Crippen LogP contribution in [0.4, 0.5) is 0 Å². The first-order valence-electron chi connectivity index (χ1n) is 13.3. The van der Waals surface area contributed by atoms with Crippen molar-refractivity contribution < 1.29 is 0 Å². The summed E-state index contributed by atoms with van der Waals surface area (Å²) in [7, 11) is 2.16. The van der Waals surface area contributed by atoms with E-state index >= 15 is 0 Å². The van der Waals surface area contributed by atoms with Gasteiger partial charge in [-0.2, -0.15) is 0 Å². The van der Waals surface area contributed by atoms with Gasteiger partial charge < -0.3 is 0 Å². The quantitative estimate of drug-likeness (QED) is 0.0694. The van der Waals surface area contributed by atoms with Crippen LogP contribution in [-0.4, -0.2) is 7.85 Å². The van der Waals surface area contributed by atoms with Gasteiger partial charge in [0.25, 0.3) is 0 Å². The summed E-state index contributed by atoms with van der Waals surface area (Å²) in [5, 5.41) is 0. The Labute approximate surface area is 186 Å². The van der Waals surface area contributed by atoms with Crippen LogP contribution in [0.2, 0.25) is 5.82 Å². The summed E-state index contributed by atoms with van der Waals surface area (Å²) in [6.07, 6.45) is 36.6. The van der Waals surface area contributed by atoms with Crippen molar-refractivity contribution in [3.63, 3.8) is 0 Å². The highest BCUT2D eigenvalue weighted by atomic mass is 14.0. The standard InChI is InChI=1S/C28H53B/c1-4-28(29)26-24-22-20-18-16-14-12-10-8-6-5-7-9-11-13-15-17-19-21-23-25-27(2)3/h1,28H,2,5-26,29H2,3H3. The van der Waals surface area contributed by atoms with Gasteiger partial charge in [0, 0.05) is 0 Å². The van der Waals surface area contributed by atoms with E-state index in [0.29, 0.717) is 5.82 Å². The number of rotatable bonds is 23. The van der Waals surface area contributed by atoms with E-state index in [4.69, 9.17) is 6.42 Å². The highest BCUT2D eigenvalue weighted by molar-refractivity contribution is 6.13. The summed E-state index contributed by atoms with van der Waals surface area (Å²) in [4.78, 5) is 0. The van der Waals surface area contributed by atoms with Gasteiger partial charge in [0.05, 0.1) is 0 Å². The van der Waals surface area contributed by atoms with E-state index in [-0.39, 0.29) is 0 Å². The summed E-state index contributed by atoms with van der Waals surface area (Å²) in [6.45, 7) is 6.13. The van der Waals surface area contributed by atoms with Gasteiger partial charge in [0.1, 0.15) is 7.85 Å². The van der Waals surface area contributed by atoms with Crippen molar-refractivity contribution in [2.45, 2.75) is 154 Å². The lowest BCUT2D eigenvalue weighted by Gasteiger charge is -2.05. The van der Waals surface area contributed by atoms with Gasteiger partial charge in [-0.1, -0.05) is 128 Å². The normalized spacial score (nSPS) is 12.0. The maximum absolute atomic E-state index is 5.42. The molecule has 1 heteroatoms. The van der Waals surface area contributed by atoms with E-state index in [1.165, 1.54) is 147 Å². The van der Waals surface area contributed by atoms with Gasteiger partial charge in [0.2, 0.25) is 0 Å². The predicted octanol–water partition coefficient (Wildman–Crippen LogP) is 9.20. The summed E-state index contributed by atoms with van der Waals surface area (Å²) in [6, 6.07) is 0. The Balaban J connectivity index is 3.03. The van der Waals surface area contributed by atoms with Gasteiger partial charge in [-0.05, 0) is 32.0 Å². The number of hydrogen-bond acceptors (Lipinski definition) is 0. The van der Waals surface area contributed by atoms with E-state index in [1.54, 1.807) is 0 Å². The molecule has 0 aromatic carbocycles. The largest absolute Gasteiger partial charge is 0.121 e. The maximum Gasteiger partial charge on any atom is 0.120 e. The lowest BCUT2D eigenvalue weighted by molar-refractivity contribution is 0.520. The lowest BCUT2D eigenvalue weighted by atomic mass is 9.84. The molecule has 0 aliphatic heterocycles. The van der Waals surface area contributed by atoms with Gasteiger partial charge in [-0.3, -0.25) is 0 Å². The molecule has 0 rings (SSSR count). The van der Waals surface area contributed by atoms with Crippen LogP contribution in [0.15, 0.2) is 12.2 Å². The molecule has 0 radical (unpaired) electrons. The second kappa shape index (κ2) is 23.6. The van der Waals surface area contributed by atoms with Crippen LogP contribution in [0, 0.1) is 12.3 Å². The highest BCUT2D eigenvalue weighted by Crippen LogP contribution is 2.16. The van der Waals surface area contributed by atoms with Gasteiger partial charge in [-0.25, -0.2) is 0 Å². The first kappa shape index (κ1) is 28.4.